The lowest BCUT2D eigenvalue weighted by Crippen LogP contribution is -2.06. The second-order valence-corrected chi connectivity index (χ2v) is 12.1. The van der Waals surface area contributed by atoms with Crippen molar-refractivity contribution in [3.05, 3.63) is 58.2 Å². The van der Waals surface area contributed by atoms with Crippen LogP contribution in [0.4, 0.5) is 43.9 Å². The third-order valence-corrected chi connectivity index (χ3v) is 9.60. The van der Waals surface area contributed by atoms with Gasteiger partial charge in [0.05, 0.1) is 0 Å². The fourth-order valence-corrected chi connectivity index (χ4v) is 7.21. The molecule has 2 N–H and O–H groups in total. The molecule has 2 unspecified atom stereocenters. The molecule has 6 nitrogen and oxygen atoms in total. The molecule has 0 aliphatic rings. The van der Waals surface area contributed by atoms with Crippen LogP contribution in [0.15, 0.2) is 0 Å². The SMILES string of the molecule is O=P(O)(Oc1c(F)c(F)c(F)c(F)c1F)SP(=O)(O)Oc1c(F)c(F)c(F)c(F)c1F. The van der Waals surface area contributed by atoms with Gasteiger partial charge in [-0.15, -0.1) is 0 Å². The minimum Gasteiger partial charge on any atom is -0.410 e. The van der Waals surface area contributed by atoms with Gasteiger partial charge in [0.2, 0.25) is 69.7 Å². The third kappa shape index (κ3) is 4.95. The largest absolute Gasteiger partial charge is 0.450 e. The van der Waals surface area contributed by atoms with Crippen LogP contribution in [0.1, 0.15) is 0 Å². The average Bonchev–Trinajstić information content (AvgIpc) is 2.67. The molecule has 2 aromatic rings. The van der Waals surface area contributed by atoms with Crippen LogP contribution in [0.5, 0.6) is 11.5 Å². The molecule has 0 bridgehead atoms. The van der Waals surface area contributed by atoms with E-state index in [1.807, 2.05) is 0 Å². The van der Waals surface area contributed by atoms with Crippen molar-refractivity contribution in [3.63, 3.8) is 0 Å². The second-order valence-electron chi connectivity index (χ2n) is 5.00. The van der Waals surface area contributed by atoms with Crippen molar-refractivity contribution < 1.29 is 71.9 Å². The van der Waals surface area contributed by atoms with E-state index in [1.165, 1.54) is 0 Å². The molecule has 0 aliphatic carbocycles. The molecule has 0 fully saturated rings. The van der Waals surface area contributed by atoms with Crippen LogP contribution in [0.2, 0.25) is 0 Å². The smallest absolute Gasteiger partial charge is 0.410 e. The Bertz CT molecular complexity index is 1030. The molecular formula is C12H2F10O6P2S. The molecule has 19 heteroatoms. The summed E-state index contributed by atoms with van der Waals surface area (Å²) in [5.41, 5.74) is 0. The highest BCUT2D eigenvalue weighted by Gasteiger charge is 2.42. The van der Waals surface area contributed by atoms with E-state index in [2.05, 4.69) is 9.05 Å². The molecule has 0 radical (unpaired) electrons. The van der Waals surface area contributed by atoms with Crippen molar-refractivity contribution in [2.24, 2.45) is 0 Å². The Morgan fingerprint density at radius 1 is 0.484 bits per heavy atom. The zero-order valence-electron chi connectivity index (χ0n) is 13.6. The Labute approximate surface area is 167 Å². The maximum absolute atomic E-state index is 13.5. The molecule has 0 amide bonds. The van der Waals surface area contributed by atoms with E-state index in [0.717, 1.165) is 0 Å². The lowest BCUT2D eigenvalue weighted by molar-refractivity contribution is 0.329. The maximum Gasteiger partial charge on any atom is 0.450 e. The Kier molecular flexibility index (Phi) is 6.98. The Balaban J connectivity index is 2.39. The molecule has 2 atom stereocenters. The van der Waals surface area contributed by atoms with E-state index in [4.69, 9.17) is 0 Å². The monoisotopic (exact) mass is 526 g/mol. The fraction of sp³-hybridized carbons (Fsp3) is 0. The van der Waals surface area contributed by atoms with E-state index in [1.54, 1.807) is 0 Å². The minimum absolute atomic E-state index is 1.41. The van der Waals surface area contributed by atoms with Crippen LogP contribution in [-0.2, 0) is 9.13 Å². The van der Waals surface area contributed by atoms with Crippen LogP contribution in [0, 0.1) is 58.2 Å². The van der Waals surface area contributed by atoms with Crippen molar-refractivity contribution in [1.29, 1.82) is 0 Å². The van der Waals surface area contributed by atoms with Crippen LogP contribution >= 0.6 is 24.6 Å². The molecule has 0 aliphatic heterocycles. The number of hydrogen-bond acceptors (Lipinski definition) is 5. The van der Waals surface area contributed by atoms with E-state index in [-0.39, 0.29) is 0 Å². The summed E-state index contributed by atoms with van der Waals surface area (Å²) < 4.78 is 163. The first-order valence-corrected chi connectivity index (χ1v) is 12.0. The molecule has 0 aromatic heterocycles. The van der Waals surface area contributed by atoms with E-state index in [9.17, 15) is 62.8 Å². The number of hydrogen-bond donors (Lipinski definition) is 2. The summed E-state index contributed by atoms with van der Waals surface area (Å²) in [5, 5.41) is 0. The van der Waals surface area contributed by atoms with Gasteiger partial charge in [-0.05, 0) is 0 Å². The van der Waals surface area contributed by atoms with Gasteiger partial charge in [-0.2, -0.15) is 17.6 Å². The normalized spacial score (nSPS) is 15.4. The highest BCUT2D eigenvalue weighted by atomic mass is 33.1. The van der Waals surface area contributed by atoms with Gasteiger partial charge in [0, 0.05) is 0 Å². The highest BCUT2D eigenvalue weighted by molar-refractivity contribution is 8.84. The van der Waals surface area contributed by atoms with E-state index >= 15 is 0 Å². The lowest BCUT2D eigenvalue weighted by atomic mass is 10.3. The first kappa shape index (κ1) is 25.3. The Morgan fingerprint density at radius 3 is 0.903 bits per heavy atom. The average molecular weight is 526 g/mol. The number of benzene rings is 2. The Hall–Kier alpha value is -1.93. The first-order valence-electron chi connectivity index (χ1n) is 6.79. The van der Waals surface area contributed by atoms with Gasteiger partial charge in [-0.1, -0.05) is 0 Å². The lowest BCUT2D eigenvalue weighted by Gasteiger charge is -2.18. The van der Waals surface area contributed by atoms with Crippen LogP contribution < -0.4 is 9.05 Å². The summed E-state index contributed by atoms with van der Waals surface area (Å²) in [5.74, 6) is -31.8. The predicted molar refractivity (Wildman–Crippen MR) is 81.0 cm³/mol. The summed E-state index contributed by atoms with van der Waals surface area (Å²) in [4.78, 5) is 18.8. The zero-order chi connectivity index (χ0) is 24.0. The van der Waals surface area contributed by atoms with Crippen LogP contribution in [0.3, 0.4) is 0 Å². The summed E-state index contributed by atoms with van der Waals surface area (Å²) in [6, 6.07) is 0. The topological polar surface area (TPSA) is 93.1 Å². The molecule has 0 heterocycles. The first-order chi connectivity index (χ1) is 14.0. The van der Waals surface area contributed by atoms with Gasteiger partial charge in [0.1, 0.15) is 11.0 Å². The van der Waals surface area contributed by atoms with Gasteiger partial charge in [0.25, 0.3) is 0 Å². The highest BCUT2D eigenvalue weighted by Crippen LogP contribution is 2.74. The summed E-state index contributed by atoms with van der Waals surface area (Å²) >= 11 is -1.41. The van der Waals surface area contributed by atoms with Gasteiger partial charge >= 0.3 is 13.6 Å². The van der Waals surface area contributed by atoms with Gasteiger partial charge < -0.3 is 18.8 Å². The van der Waals surface area contributed by atoms with Crippen LogP contribution in [0.25, 0.3) is 0 Å². The number of halogens is 10. The van der Waals surface area contributed by atoms with Crippen molar-refractivity contribution in [1.82, 2.24) is 0 Å². The van der Waals surface area contributed by atoms with Crippen molar-refractivity contribution in [2.45, 2.75) is 0 Å². The number of rotatable bonds is 6. The molecule has 2 rings (SSSR count). The second kappa shape index (κ2) is 8.54. The molecule has 172 valence electrons. The molecule has 0 saturated carbocycles. The van der Waals surface area contributed by atoms with Crippen LogP contribution in [-0.4, -0.2) is 9.79 Å². The van der Waals surface area contributed by atoms with Gasteiger partial charge in [-0.25, -0.2) is 35.5 Å². The molecule has 0 spiro atoms. The van der Waals surface area contributed by atoms with E-state index < -0.39 is 94.3 Å². The zero-order valence-corrected chi connectivity index (χ0v) is 16.2. The molecular weight excluding hydrogens is 524 g/mol. The van der Waals surface area contributed by atoms with E-state index in [0.29, 0.717) is 0 Å². The fourth-order valence-electron chi connectivity index (χ4n) is 1.72. The van der Waals surface area contributed by atoms with Gasteiger partial charge in [-0.3, -0.25) is 0 Å². The molecule has 31 heavy (non-hydrogen) atoms. The predicted octanol–water partition coefficient (Wildman–Crippen LogP) is 5.47. The molecule has 2 aromatic carbocycles. The quantitative estimate of drug-likeness (QED) is 0.223. The van der Waals surface area contributed by atoms with Gasteiger partial charge in [0.15, 0.2) is 0 Å². The third-order valence-electron chi connectivity index (χ3n) is 2.96. The minimum atomic E-state index is -6.01. The summed E-state index contributed by atoms with van der Waals surface area (Å²) in [7, 11) is 0. The molecule has 0 saturated heterocycles. The summed E-state index contributed by atoms with van der Waals surface area (Å²) in [6.07, 6.45) is 0. The Morgan fingerprint density at radius 2 is 0.677 bits per heavy atom. The standard InChI is InChI=1S/C12H2F10O6P2S/c13-1-3(15)7(19)11(8(20)4(1)16)27-29(23,24)31-30(25,26)28-12-9(21)5(17)2(14)6(18)10(12)22/h(H,23,24)(H,25,26). The van der Waals surface area contributed by atoms with Crippen molar-refractivity contribution in [3.8, 4) is 11.5 Å². The van der Waals surface area contributed by atoms with Crippen molar-refractivity contribution in [2.75, 3.05) is 0 Å². The maximum atomic E-state index is 13.5. The summed E-state index contributed by atoms with van der Waals surface area (Å²) in [6.45, 7) is -12.0. The van der Waals surface area contributed by atoms with Crippen molar-refractivity contribution >= 4 is 24.6 Å².